The molecule has 1 aromatic heterocycles. The van der Waals surface area contributed by atoms with Gasteiger partial charge in [0.05, 0.1) is 22.5 Å². The second-order valence-electron chi connectivity index (χ2n) is 4.23. The van der Waals surface area contributed by atoms with Gasteiger partial charge in [-0.3, -0.25) is 4.68 Å². The van der Waals surface area contributed by atoms with Crippen molar-refractivity contribution in [2.45, 2.75) is 32.4 Å². The maximum atomic E-state index is 9.27. The Kier molecular flexibility index (Phi) is 6.85. The van der Waals surface area contributed by atoms with E-state index in [1.807, 2.05) is 11.7 Å². The van der Waals surface area contributed by atoms with Gasteiger partial charge >= 0.3 is 0 Å². The fraction of sp³-hybridized carbons (Fsp3) is 0.750. The summed E-state index contributed by atoms with van der Waals surface area (Å²) >= 11 is 3.58. The molecular weight excluding hydrogens is 298 g/mol. The minimum Gasteiger partial charge on any atom is -0.395 e. The summed E-state index contributed by atoms with van der Waals surface area (Å²) in [5.41, 5.74) is 2.16. The third-order valence-electron chi connectivity index (χ3n) is 2.95. The molecule has 0 spiro atoms. The van der Waals surface area contributed by atoms with Gasteiger partial charge in [0, 0.05) is 33.4 Å². The molecule has 1 aromatic rings. The summed E-state index contributed by atoms with van der Waals surface area (Å²) < 4.78 is 7.95. The quantitative estimate of drug-likeness (QED) is 0.756. The molecule has 0 saturated heterocycles. The number of aliphatic hydroxyl groups is 1. The van der Waals surface area contributed by atoms with Crippen LogP contribution in [0.15, 0.2) is 4.47 Å². The van der Waals surface area contributed by atoms with Crippen LogP contribution in [0.5, 0.6) is 0 Å². The summed E-state index contributed by atoms with van der Waals surface area (Å²) in [6, 6.07) is 0.0526. The van der Waals surface area contributed by atoms with Crippen LogP contribution in [0.2, 0.25) is 0 Å². The Hall–Kier alpha value is -0.430. The molecule has 6 heteroatoms. The highest BCUT2D eigenvalue weighted by molar-refractivity contribution is 9.10. The highest BCUT2D eigenvalue weighted by Crippen LogP contribution is 2.21. The number of aromatic nitrogens is 2. The van der Waals surface area contributed by atoms with E-state index in [-0.39, 0.29) is 12.6 Å². The molecule has 2 N–H and O–H groups in total. The van der Waals surface area contributed by atoms with E-state index >= 15 is 0 Å². The summed E-state index contributed by atoms with van der Waals surface area (Å²) in [5.74, 6) is 0. The normalized spacial score (nSPS) is 12.9. The van der Waals surface area contributed by atoms with Crippen molar-refractivity contribution >= 4 is 15.9 Å². The third kappa shape index (κ3) is 4.05. The zero-order valence-electron chi connectivity index (χ0n) is 11.2. The first-order chi connectivity index (χ1) is 8.63. The molecule has 0 bridgehead atoms. The van der Waals surface area contributed by atoms with Gasteiger partial charge in [-0.1, -0.05) is 6.92 Å². The van der Waals surface area contributed by atoms with Gasteiger partial charge in [-0.2, -0.15) is 5.10 Å². The van der Waals surface area contributed by atoms with Gasteiger partial charge in [0.1, 0.15) is 0 Å². The summed E-state index contributed by atoms with van der Waals surface area (Å²) in [5, 5.41) is 17.0. The first-order valence-corrected chi connectivity index (χ1v) is 6.96. The van der Waals surface area contributed by atoms with E-state index < -0.39 is 0 Å². The molecule has 18 heavy (non-hydrogen) atoms. The minimum atomic E-state index is 0.0526. The number of rotatable bonds is 8. The van der Waals surface area contributed by atoms with Crippen molar-refractivity contribution in [3.05, 3.63) is 15.9 Å². The van der Waals surface area contributed by atoms with Crippen LogP contribution in [-0.2, 0) is 24.8 Å². The summed E-state index contributed by atoms with van der Waals surface area (Å²) in [4.78, 5) is 0. The molecule has 0 saturated carbocycles. The lowest BCUT2D eigenvalue weighted by atomic mass is 10.2. The molecule has 5 nitrogen and oxygen atoms in total. The first kappa shape index (κ1) is 15.6. The zero-order chi connectivity index (χ0) is 13.5. The predicted octanol–water partition coefficient (Wildman–Crippen LogP) is 1.23. The van der Waals surface area contributed by atoms with Crippen molar-refractivity contribution in [2.75, 3.05) is 20.3 Å². The minimum absolute atomic E-state index is 0.0526. The number of nitrogens with one attached hydrogen (secondary N) is 1. The molecule has 0 aliphatic heterocycles. The number of ether oxygens (including phenoxy) is 1. The van der Waals surface area contributed by atoms with E-state index in [1.165, 1.54) is 0 Å². The highest BCUT2D eigenvalue weighted by atomic mass is 79.9. The van der Waals surface area contributed by atoms with Crippen LogP contribution in [-0.4, -0.2) is 41.3 Å². The van der Waals surface area contributed by atoms with Gasteiger partial charge in [-0.15, -0.1) is 0 Å². The third-order valence-corrected chi connectivity index (χ3v) is 3.87. The Balaban J connectivity index is 2.59. The molecule has 1 atom stereocenters. The largest absolute Gasteiger partial charge is 0.395 e. The maximum absolute atomic E-state index is 9.27. The van der Waals surface area contributed by atoms with Gasteiger partial charge in [-0.05, 0) is 28.8 Å². The summed E-state index contributed by atoms with van der Waals surface area (Å²) in [7, 11) is 3.60. The molecule has 0 radical (unpaired) electrons. The Labute approximate surface area is 117 Å². The fourth-order valence-corrected chi connectivity index (χ4v) is 2.53. The smallest absolute Gasteiger partial charge is 0.0767 e. The number of hydrogen-bond acceptors (Lipinski definition) is 4. The van der Waals surface area contributed by atoms with Gasteiger partial charge < -0.3 is 15.2 Å². The molecule has 0 aliphatic carbocycles. The predicted molar refractivity (Wildman–Crippen MR) is 74.5 cm³/mol. The van der Waals surface area contributed by atoms with Gasteiger partial charge in [0.25, 0.3) is 0 Å². The molecule has 104 valence electrons. The van der Waals surface area contributed by atoms with Crippen molar-refractivity contribution in [2.24, 2.45) is 7.05 Å². The second kappa shape index (κ2) is 7.89. The number of hydrogen-bond donors (Lipinski definition) is 2. The number of aryl methyl sites for hydroxylation is 2. The number of aliphatic hydroxyl groups excluding tert-OH is 1. The molecule has 0 fully saturated rings. The van der Waals surface area contributed by atoms with E-state index in [1.54, 1.807) is 7.11 Å². The van der Waals surface area contributed by atoms with E-state index in [0.29, 0.717) is 13.2 Å². The molecule has 0 amide bonds. The van der Waals surface area contributed by atoms with Gasteiger partial charge in [-0.25, -0.2) is 0 Å². The van der Waals surface area contributed by atoms with E-state index in [4.69, 9.17) is 4.74 Å². The van der Waals surface area contributed by atoms with Crippen LogP contribution in [0.1, 0.15) is 24.7 Å². The van der Waals surface area contributed by atoms with Crippen molar-refractivity contribution in [3.8, 4) is 0 Å². The van der Waals surface area contributed by atoms with Crippen LogP contribution >= 0.6 is 15.9 Å². The van der Waals surface area contributed by atoms with Crippen LogP contribution in [0.3, 0.4) is 0 Å². The van der Waals surface area contributed by atoms with Gasteiger partial charge in [0.15, 0.2) is 0 Å². The summed E-state index contributed by atoms with van der Waals surface area (Å²) in [6.07, 6.45) is 1.70. The maximum Gasteiger partial charge on any atom is 0.0767 e. The molecule has 1 unspecified atom stereocenters. The fourth-order valence-electron chi connectivity index (χ4n) is 1.77. The zero-order valence-corrected chi connectivity index (χ0v) is 12.8. The molecule has 0 aromatic carbocycles. The molecular formula is C12H22BrN3O2. The van der Waals surface area contributed by atoms with Crippen molar-refractivity contribution < 1.29 is 9.84 Å². The Morgan fingerprint density at radius 3 is 2.78 bits per heavy atom. The standard InChI is InChI=1S/C12H22BrN3O2/c1-4-10-12(13)11(16(2)15-10)7-14-9(8-17)5-6-18-3/h9,14,17H,4-8H2,1-3H3. The van der Waals surface area contributed by atoms with Crippen LogP contribution in [0.4, 0.5) is 0 Å². The second-order valence-corrected chi connectivity index (χ2v) is 5.02. The van der Waals surface area contributed by atoms with Crippen LogP contribution in [0, 0.1) is 0 Å². The van der Waals surface area contributed by atoms with E-state index in [0.717, 1.165) is 28.7 Å². The van der Waals surface area contributed by atoms with Crippen LogP contribution in [0.25, 0.3) is 0 Å². The lowest BCUT2D eigenvalue weighted by Crippen LogP contribution is -2.33. The van der Waals surface area contributed by atoms with Crippen LogP contribution < -0.4 is 5.32 Å². The lowest BCUT2D eigenvalue weighted by molar-refractivity contribution is 0.159. The highest BCUT2D eigenvalue weighted by Gasteiger charge is 2.14. The van der Waals surface area contributed by atoms with E-state index in [2.05, 4.69) is 33.3 Å². The topological polar surface area (TPSA) is 59.3 Å². The average Bonchev–Trinajstić information content (AvgIpc) is 2.65. The average molecular weight is 320 g/mol. The van der Waals surface area contributed by atoms with Crippen molar-refractivity contribution in [3.63, 3.8) is 0 Å². The van der Waals surface area contributed by atoms with E-state index in [9.17, 15) is 5.11 Å². The number of methoxy groups -OCH3 is 1. The molecule has 1 heterocycles. The molecule has 0 aliphatic rings. The Bertz CT molecular complexity index is 368. The van der Waals surface area contributed by atoms with Gasteiger partial charge in [0.2, 0.25) is 0 Å². The number of nitrogens with zero attached hydrogens (tertiary/aromatic N) is 2. The monoisotopic (exact) mass is 319 g/mol. The molecule has 1 rings (SSSR count). The SMILES string of the molecule is CCc1nn(C)c(CNC(CO)CCOC)c1Br. The van der Waals surface area contributed by atoms with Crippen molar-refractivity contribution in [1.82, 2.24) is 15.1 Å². The Morgan fingerprint density at radius 1 is 1.56 bits per heavy atom. The number of halogens is 1. The van der Waals surface area contributed by atoms with Crippen molar-refractivity contribution in [1.29, 1.82) is 0 Å². The Morgan fingerprint density at radius 2 is 2.28 bits per heavy atom. The first-order valence-electron chi connectivity index (χ1n) is 6.17. The lowest BCUT2D eigenvalue weighted by Gasteiger charge is -2.16. The summed E-state index contributed by atoms with van der Waals surface area (Å²) in [6.45, 7) is 3.52.